The molecule has 0 spiro atoms. The van der Waals surface area contributed by atoms with Crippen molar-refractivity contribution in [3.05, 3.63) is 66.4 Å². The summed E-state index contributed by atoms with van der Waals surface area (Å²) in [4.78, 5) is 15.5. The van der Waals surface area contributed by atoms with Crippen LogP contribution in [-0.4, -0.2) is 39.7 Å². The number of halogens is 2. The zero-order valence-corrected chi connectivity index (χ0v) is 18.8. The molecule has 1 aromatic heterocycles. The van der Waals surface area contributed by atoms with E-state index in [-0.39, 0.29) is 17.1 Å². The van der Waals surface area contributed by atoms with Crippen LogP contribution in [0.4, 0.5) is 31.5 Å². The minimum Gasteiger partial charge on any atom is -0.478 e. The summed E-state index contributed by atoms with van der Waals surface area (Å²) in [5, 5.41) is 17.3. The number of hydrogen-bond acceptors (Lipinski definition) is 6. The molecule has 3 aromatic carbocycles. The fraction of sp³-hybridized carbons (Fsp3) is 0.200. The molecular formula is C25H20F2N4O4. The van der Waals surface area contributed by atoms with Crippen LogP contribution in [0.5, 0.6) is 11.5 Å². The number of H-pyrrole nitrogens is 1. The van der Waals surface area contributed by atoms with E-state index in [1.807, 2.05) is 26.0 Å². The number of ether oxygens (including phenoxy) is 2. The van der Waals surface area contributed by atoms with E-state index in [1.54, 1.807) is 42.6 Å². The van der Waals surface area contributed by atoms with Gasteiger partial charge < -0.3 is 24.4 Å². The lowest BCUT2D eigenvalue weighted by molar-refractivity contribution is -0.286. The van der Waals surface area contributed by atoms with E-state index >= 15 is 0 Å². The summed E-state index contributed by atoms with van der Waals surface area (Å²) < 4.78 is 36.6. The minimum absolute atomic E-state index is 0.0146. The van der Waals surface area contributed by atoms with E-state index in [2.05, 4.69) is 24.7 Å². The Balaban J connectivity index is 1.51. The molecule has 0 fully saturated rings. The summed E-state index contributed by atoms with van der Waals surface area (Å²) in [7, 11) is 0. The van der Waals surface area contributed by atoms with Gasteiger partial charge in [0.2, 0.25) is 0 Å². The van der Waals surface area contributed by atoms with Gasteiger partial charge in [0.15, 0.2) is 11.5 Å². The van der Waals surface area contributed by atoms with Crippen LogP contribution < -0.4 is 19.3 Å². The Bertz CT molecular complexity index is 1480. The Hall–Kier alpha value is -4.34. The number of anilines is 4. The molecule has 0 bridgehead atoms. The van der Waals surface area contributed by atoms with Gasteiger partial charge in [-0.15, -0.1) is 8.78 Å². The molecule has 0 saturated carbocycles. The van der Waals surface area contributed by atoms with E-state index < -0.39 is 17.8 Å². The highest BCUT2D eigenvalue weighted by Crippen LogP contribution is 2.51. The van der Waals surface area contributed by atoms with Crippen LogP contribution >= 0.6 is 0 Å². The number of aromatic nitrogens is 2. The summed E-state index contributed by atoms with van der Waals surface area (Å²) in [6, 6.07) is 15.4. The Morgan fingerprint density at radius 1 is 1.00 bits per heavy atom. The van der Waals surface area contributed by atoms with Crippen LogP contribution in [-0.2, 0) is 0 Å². The molecule has 2 N–H and O–H groups in total. The van der Waals surface area contributed by atoms with Gasteiger partial charge in [-0.3, -0.25) is 5.10 Å². The zero-order valence-electron chi connectivity index (χ0n) is 18.8. The van der Waals surface area contributed by atoms with Crippen molar-refractivity contribution in [3.8, 4) is 11.5 Å². The van der Waals surface area contributed by atoms with Crippen molar-refractivity contribution < 1.29 is 28.2 Å². The molecule has 8 nitrogen and oxygen atoms in total. The van der Waals surface area contributed by atoms with Crippen LogP contribution in [0.2, 0.25) is 0 Å². The molecule has 0 radical (unpaired) electrons. The third kappa shape index (κ3) is 3.40. The number of carbonyl (C=O) groups is 1. The Morgan fingerprint density at radius 3 is 2.46 bits per heavy atom. The third-order valence-electron chi connectivity index (χ3n) is 6.29. The van der Waals surface area contributed by atoms with Crippen LogP contribution in [0.25, 0.3) is 10.9 Å². The number of fused-ring (bicyclic) bond motifs is 3. The quantitative estimate of drug-likeness (QED) is 0.393. The number of hydrogen-bond donors (Lipinski definition) is 2. The standard InChI is InChI=1S/C25H20F2N4O4/c1-24(2)13-30(16-5-3-14(4-6-16)23(32)33)19-11-18-15(12-28-29-18)9-20(19)31(24)17-7-8-21-22(10-17)35-25(26,27)34-21/h3-12H,13H2,1-2H3,(H,28,29)(H,32,33). The third-order valence-corrected chi connectivity index (χ3v) is 6.29. The molecule has 178 valence electrons. The van der Waals surface area contributed by atoms with E-state index in [0.29, 0.717) is 12.2 Å². The maximum atomic E-state index is 13.6. The van der Waals surface area contributed by atoms with Crippen LogP contribution in [0.3, 0.4) is 0 Å². The van der Waals surface area contributed by atoms with E-state index in [1.165, 1.54) is 6.07 Å². The number of carboxylic acids is 1. The van der Waals surface area contributed by atoms with Gasteiger partial charge in [-0.05, 0) is 62.4 Å². The lowest BCUT2D eigenvalue weighted by Crippen LogP contribution is -2.52. The first-order chi connectivity index (χ1) is 16.6. The maximum absolute atomic E-state index is 13.6. The van der Waals surface area contributed by atoms with Crippen LogP contribution in [0, 0.1) is 0 Å². The van der Waals surface area contributed by atoms with E-state index in [4.69, 9.17) is 4.74 Å². The summed E-state index contributed by atoms with van der Waals surface area (Å²) in [6.45, 7) is 4.62. The highest BCUT2D eigenvalue weighted by Gasteiger charge is 2.45. The average molecular weight is 478 g/mol. The number of rotatable bonds is 3. The van der Waals surface area contributed by atoms with Crippen molar-refractivity contribution in [1.29, 1.82) is 0 Å². The SMILES string of the molecule is CC1(C)CN(c2ccc(C(=O)O)cc2)c2cc3[nH]ncc3cc2N1c1ccc2c(c1)OC(F)(F)O2. The summed E-state index contributed by atoms with van der Waals surface area (Å²) in [6.07, 6.45) is -1.97. The second kappa shape index (κ2) is 7.08. The highest BCUT2D eigenvalue weighted by atomic mass is 19.3. The number of aromatic amines is 1. The highest BCUT2D eigenvalue weighted by molar-refractivity contribution is 5.96. The Morgan fingerprint density at radius 2 is 1.71 bits per heavy atom. The van der Waals surface area contributed by atoms with Gasteiger partial charge in [0.25, 0.3) is 0 Å². The summed E-state index contributed by atoms with van der Waals surface area (Å²) >= 11 is 0. The monoisotopic (exact) mass is 478 g/mol. The molecule has 2 aliphatic rings. The number of carboxylic acid groups (broad SMARTS) is 1. The van der Waals surface area contributed by atoms with Gasteiger partial charge in [-0.2, -0.15) is 5.10 Å². The Kier molecular flexibility index (Phi) is 4.29. The molecular weight excluding hydrogens is 458 g/mol. The van der Waals surface area contributed by atoms with Gasteiger partial charge in [0.05, 0.1) is 34.2 Å². The molecule has 0 saturated heterocycles. The average Bonchev–Trinajstić information content (AvgIpc) is 3.38. The van der Waals surface area contributed by atoms with Gasteiger partial charge in [-0.1, -0.05) is 0 Å². The van der Waals surface area contributed by atoms with E-state index in [9.17, 15) is 18.7 Å². The molecule has 0 atom stereocenters. The van der Waals surface area contributed by atoms with Gasteiger partial charge in [-0.25, -0.2) is 4.79 Å². The number of nitrogens with one attached hydrogen (secondary N) is 1. The lowest BCUT2D eigenvalue weighted by atomic mass is 9.93. The zero-order chi connectivity index (χ0) is 24.5. The molecule has 4 aromatic rings. The smallest absolute Gasteiger partial charge is 0.478 e. The lowest BCUT2D eigenvalue weighted by Gasteiger charge is -2.50. The largest absolute Gasteiger partial charge is 0.586 e. The van der Waals surface area contributed by atoms with Crippen molar-refractivity contribution in [2.75, 3.05) is 16.3 Å². The minimum atomic E-state index is -3.70. The van der Waals surface area contributed by atoms with E-state index in [0.717, 1.165) is 28.0 Å². The Labute approximate surface area is 198 Å². The normalized spacial score (nSPS) is 17.5. The second-order valence-electron chi connectivity index (χ2n) is 9.18. The predicted molar refractivity (Wildman–Crippen MR) is 125 cm³/mol. The van der Waals surface area contributed by atoms with Crippen molar-refractivity contribution in [3.63, 3.8) is 0 Å². The second-order valence-corrected chi connectivity index (χ2v) is 9.18. The first-order valence-electron chi connectivity index (χ1n) is 10.9. The fourth-order valence-electron chi connectivity index (χ4n) is 4.81. The molecule has 6 rings (SSSR count). The summed E-state index contributed by atoms with van der Waals surface area (Å²) in [5.74, 6) is -1.03. The first kappa shape index (κ1) is 21.2. The number of nitrogens with zero attached hydrogens (tertiary/aromatic N) is 3. The van der Waals surface area contributed by atoms with Crippen molar-refractivity contribution >= 4 is 39.6 Å². The van der Waals surface area contributed by atoms with Gasteiger partial charge in [0.1, 0.15) is 0 Å². The van der Waals surface area contributed by atoms with Gasteiger partial charge in [0, 0.05) is 29.4 Å². The van der Waals surface area contributed by atoms with Crippen molar-refractivity contribution in [1.82, 2.24) is 10.2 Å². The molecule has 10 heteroatoms. The van der Waals surface area contributed by atoms with Crippen LogP contribution in [0.15, 0.2) is 60.8 Å². The topological polar surface area (TPSA) is 90.9 Å². The van der Waals surface area contributed by atoms with Crippen molar-refractivity contribution in [2.45, 2.75) is 25.7 Å². The maximum Gasteiger partial charge on any atom is 0.586 e. The fourth-order valence-corrected chi connectivity index (χ4v) is 4.81. The molecule has 0 aliphatic carbocycles. The summed E-state index contributed by atoms with van der Waals surface area (Å²) in [5.41, 5.74) is 3.71. The molecule has 2 aliphatic heterocycles. The molecule has 3 heterocycles. The van der Waals surface area contributed by atoms with Crippen LogP contribution in [0.1, 0.15) is 24.2 Å². The van der Waals surface area contributed by atoms with Crippen molar-refractivity contribution in [2.24, 2.45) is 0 Å². The van der Waals surface area contributed by atoms with Gasteiger partial charge >= 0.3 is 12.3 Å². The number of alkyl halides is 2. The first-order valence-corrected chi connectivity index (χ1v) is 10.9. The predicted octanol–water partition coefficient (Wildman–Crippen LogP) is 5.65. The molecule has 35 heavy (non-hydrogen) atoms. The number of benzene rings is 3. The molecule has 0 unspecified atom stereocenters. The number of aromatic carboxylic acids is 1. The molecule has 0 amide bonds.